The number of nitrogens with one attached hydrogen (secondary N) is 2. The van der Waals surface area contributed by atoms with Crippen LogP contribution in [0.3, 0.4) is 0 Å². The van der Waals surface area contributed by atoms with E-state index in [-0.39, 0.29) is 5.91 Å². The summed E-state index contributed by atoms with van der Waals surface area (Å²) in [5, 5.41) is 0. The zero-order chi connectivity index (χ0) is 13.0. The number of hydrogen-bond donors (Lipinski definition) is 2. The third-order valence-electron chi connectivity index (χ3n) is 3.39. The van der Waals surface area contributed by atoms with Crippen molar-refractivity contribution in [1.82, 2.24) is 10.9 Å². The Morgan fingerprint density at radius 3 is 2.12 bits per heavy atom. The Bertz CT molecular complexity index is 398. The number of amides is 1. The monoisotopic (exact) mass is 234 g/mol. The van der Waals surface area contributed by atoms with Gasteiger partial charge >= 0.3 is 0 Å². The molecular weight excluding hydrogens is 212 g/mol. The highest BCUT2D eigenvalue weighted by atomic mass is 16.2. The SMILES string of the molecule is CNNC(=O)CCc1c(C)c(C)cc(C)c1C. The van der Waals surface area contributed by atoms with Gasteiger partial charge in [-0.2, -0.15) is 0 Å². The predicted octanol–water partition coefficient (Wildman–Crippen LogP) is 2.10. The van der Waals surface area contributed by atoms with Crippen LogP contribution in [0.15, 0.2) is 6.07 Å². The summed E-state index contributed by atoms with van der Waals surface area (Å²) in [4.78, 5) is 11.4. The van der Waals surface area contributed by atoms with Crippen LogP contribution in [0.1, 0.15) is 34.2 Å². The second-order valence-corrected chi connectivity index (χ2v) is 4.54. The molecule has 0 aromatic heterocycles. The fourth-order valence-electron chi connectivity index (χ4n) is 2.11. The Balaban J connectivity index is 2.87. The lowest BCUT2D eigenvalue weighted by Crippen LogP contribution is -2.34. The second-order valence-electron chi connectivity index (χ2n) is 4.54. The quantitative estimate of drug-likeness (QED) is 0.783. The fraction of sp³-hybridized carbons (Fsp3) is 0.500. The van der Waals surface area contributed by atoms with Crippen LogP contribution in [-0.4, -0.2) is 13.0 Å². The minimum atomic E-state index is 0.0328. The summed E-state index contributed by atoms with van der Waals surface area (Å²) in [6.07, 6.45) is 1.32. The highest BCUT2D eigenvalue weighted by Crippen LogP contribution is 2.22. The van der Waals surface area contributed by atoms with Crippen molar-refractivity contribution in [2.45, 2.75) is 40.5 Å². The molecule has 0 atom stereocenters. The molecule has 0 radical (unpaired) electrons. The van der Waals surface area contributed by atoms with Gasteiger partial charge in [-0.3, -0.25) is 10.2 Å². The number of carbonyl (C=O) groups is 1. The van der Waals surface area contributed by atoms with Gasteiger partial charge in [-0.25, -0.2) is 5.43 Å². The molecule has 0 aliphatic carbocycles. The van der Waals surface area contributed by atoms with Crippen molar-refractivity contribution in [1.29, 1.82) is 0 Å². The van der Waals surface area contributed by atoms with E-state index < -0.39 is 0 Å². The van der Waals surface area contributed by atoms with Gasteiger partial charge in [0.15, 0.2) is 0 Å². The van der Waals surface area contributed by atoms with Gasteiger partial charge in [-0.1, -0.05) is 6.07 Å². The molecule has 1 amide bonds. The average Bonchev–Trinajstić information content (AvgIpc) is 2.27. The number of aryl methyl sites for hydroxylation is 2. The molecule has 0 spiro atoms. The van der Waals surface area contributed by atoms with Crippen LogP contribution in [-0.2, 0) is 11.2 Å². The van der Waals surface area contributed by atoms with Crippen LogP contribution >= 0.6 is 0 Å². The number of rotatable bonds is 4. The molecule has 0 saturated heterocycles. The fourth-order valence-corrected chi connectivity index (χ4v) is 2.11. The molecule has 0 aliphatic heterocycles. The zero-order valence-electron chi connectivity index (χ0n) is 11.4. The molecule has 17 heavy (non-hydrogen) atoms. The van der Waals surface area contributed by atoms with Gasteiger partial charge in [-0.15, -0.1) is 0 Å². The summed E-state index contributed by atoms with van der Waals surface area (Å²) in [5.74, 6) is 0.0328. The average molecular weight is 234 g/mol. The topological polar surface area (TPSA) is 41.1 Å². The number of hydrazine groups is 1. The molecule has 0 fully saturated rings. The van der Waals surface area contributed by atoms with E-state index in [4.69, 9.17) is 0 Å². The van der Waals surface area contributed by atoms with Gasteiger partial charge < -0.3 is 0 Å². The van der Waals surface area contributed by atoms with Crippen LogP contribution < -0.4 is 10.9 Å². The van der Waals surface area contributed by atoms with E-state index in [0.717, 1.165) is 6.42 Å². The van der Waals surface area contributed by atoms with E-state index in [1.54, 1.807) is 7.05 Å². The first kappa shape index (κ1) is 13.7. The lowest BCUT2D eigenvalue weighted by molar-refractivity contribution is -0.121. The van der Waals surface area contributed by atoms with Crippen molar-refractivity contribution in [2.75, 3.05) is 7.05 Å². The van der Waals surface area contributed by atoms with Crippen molar-refractivity contribution in [3.8, 4) is 0 Å². The third kappa shape index (κ3) is 3.30. The highest BCUT2D eigenvalue weighted by molar-refractivity contribution is 5.75. The van der Waals surface area contributed by atoms with Crippen LogP contribution in [0.2, 0.25) is 0 Å². The van der Waals surface area contributed by atoms with Crippen LogP contribution in [0.25, 0.3) is 0 Å². The molecule has 94 valence electrons. The number of hydrogen-bond acceptors (Lipinski definition) is 2. The maximum Gasteiger partial charge on any atom is 0.234 e. The largest absolute Gasteiger partial charge is 0.292 e. The van der Waals surface area contributed by atoms with E-state index in [0.29, 0.717) is 6.42 Å². The Morgan fingerprint density at radius 2 is 1.65 bits per heavy atom. The first-order valence-corrected chi connectivity index (χ1v) is 5.99. The summed E-state index contributed by atoms with van der Waals surface area (Å²) in [6, 6.07) is 2.21. The summed E-state index contributed by atoms with van der Waals surface area (Å²) >= 11 is 0. The standard InChI is InChI=1S/C14H22N2O/c1-9-8-10(2)12(4)13(11(9)3)6-7-14(17)16-15-5/h8,15H,6-7H2,1-5H3,(H,16,17). The van der Waals surface area contributed by atoms with Crippen LogP contribution in [0.5, 0.6) is 0 Å². The molecule has 0 unspecified atom stereocenters. The maximum atomic E-state index is 11.4. The summed E-state index contributed by atoms with van der Waals surface area (Å²) in [5.41, 5.74) is 11.8. The van der Waals surface area contributed by atoms with Crippen molar-refractivity contribution < 1.29 is 4.79 Å². The molecule has 2 N–H and O–H groups in total. The maximum absolute atomic E-state index is 11.4. The second kappa shape index (κ2) is 5.82. The third-order valence-corrected chi connectivity index (χ3v) is 3.39. The highest BCUT2D eigenvalue weighted by Gasteiger charge is 2.10. The van der Waals surface area contributed by atoms with Crippen molar-refractivity contribution >= 4 is 5.91 Å². The summed E-state index contributed by atoms with van der Waals surface area (Å²) in [7, 11) is 1.70. The number of carbonyl (C=O) groups excluding carboxylic acids is 1. The zero-order valence-corrected chi connectivity index (χ0v) is 11.4. The first-order chi connectivity index (χ1) is 7.97. The van der Waals surface area contributed by atoms with Gasteiger partial charge in [-0.05, 0) is 61.9 Å². The molecule has 1 rings (SSSR count). The van der Waals surface area contributed by atoms with Crippen molar-refractivity contribution in [3.63, 3.8) is 0 Å². The van der Waals surface area contributed by atoms with Gasteiger partial charge in [0, 0.05) is 13.5 Å². The minimum Gasteiger partial charge on any atom is -0.292 e. The smallest absolute Gasteiger partial charge is 0.234 e. The lowest BCUT2D eigenvalue weighted by Gasteiger charge is -2.15. The van der Waals surface area contributed by atoms with Gasteiger partial charge in [0.25, 0.3) is 0 Å². The molecule has 0 bridgehead atoms. The Kier molecular flexibility index (Phi) is 4.70. The van der Waals surface area contributed by atoms with Crippen molar-refractivity contribution in [3.05, 3.63) is 33.9 Å². The van der Waals surface area contributed by atoms with Crippen LogP contribution in [0, 0.1) is 27.7 Å². The Morgan fingerprint density at radius 1 is 1.12 bits per heavy atom. The van der Waals surface area contributed by atoms with Crippen LogP contribution in [0.4, 0.5) is 0 Å². The molecule has 3 heteroatoms. The van der Waals surface area contributed by atoms with E-state index in [9.17, 15) is 4.79 Å². The first-order valence-electron chi connectivity index (χ1n) is 5.99. The summed E-state index contributed by atoms with van der Waals surface area (Å²) in [6.45, 7) is 8.51. The number of benzene rings is 1. The molecule has 0 aliphatic rings. The van der Waals surface area contributed by atoms with Gasteiger partial charge in [0.2, 0.25) is 5.91 Å². The molecule has 0 saturated carbocycles. The van der Waals surface area contributed by atoms with Gasteiger partial charge in [0.05, 0.1) is 0 Å². The molecule has 3 nitrogen and oxygen atoms in total. The molecule has 0 heterocycles. The van der Waals surface area contributed by atoms with E-state index in [1.165, 1.54) is 27.8 Å². The van der Waals surface area contributed by atoms with E-state index >= 15 is 0 Å². The normalized spacial score (nSPS) is 10.4. The molecule has 1 aromatic rings. The Labute approximate surface area is 104 Å². The summed E-state index contributed by atoms with van der Waals surface area (Å²) < 4.78 is 0. The minimum absolute atomic E-state index is 0.0328. The van der Waals surface area contributed by atoms with E-state index in [2.05, 4.69) is 44.6 Å². The Hall–Kier alpha value is -1.35. The van der Waals surface area contributed by atoms with Crippen molar-refractivity contribution in [2.24, 2.45) is 0 Å². The molecule has 1 aromatic carbocycles. The van der Waals surface area contributed by atoms with Gasteiger partial charge in [0.1, 0.15) is 0 Å². The molecular formula is C14H22N2O. The predicted molar refractivity (Wildman–Crippen MR) is 70.9 cm³/mol. The van der Waals surface area contributed by atoms with E-state index in [1.807, 2.05) is 0 Å². The lowest BCUT2D eigenvalue weighted by atomic mass is 9.91.